The highest BCUT2D eigenvalue weighted by Gasteiger charge is 2.23. The van der Waals surface area contributed by atoms with E-state index in [1.165, 1.54) is 18.4 Å². The van der Waals surface area contributed by atoms with Crippen molar-refractivity contribution >= 4 is 5.82 Å². The summed E-state index contributed by atoms with van der Waals surface area (Å²) in [6, 6.07) is 5.80. The van der Waals surface area contributed by atoms with Crippen LogP contribution in [-0.2, 0) is 0 Å². The Bertz CT molecular complexity index is 600. The van der Waals surface area contributed by atoms with Crippen LogP contribution in [0.4, 0.5) is 5.82 Å². The summed E-state index contributed by atoms with van der Waals surface area (Å²) >= 11 is 0. The third-order valence-corrected chi connectivity index (χ3v) is 3.63. The van der Waals surface area contributed by atoms with Gasteiger partial charge in [-0.1, -0.05) is 11.2 Å². The molecule has 0 bridgehead atoms. The van der Waals surface area contributed by atoms with Crippen molar-refractivity contribution in [2.45, 2.75) is 26.7 Å². The zero-order valence-electron chi connectivity index (χ0n) is 11.3. The summed E-state index contributed by atoms with van der Waals surface area (Å²) in [6.07, 6.45) is 2.55. The second-order valence-electron chi connectivity index (χ2n) is 5.25. The third kappa shape index (κ3) is 2.43. The maximum Gasteiger partial charge on any atom is 0.172 e. The fourth-order valence-corrected chi connectivity index (χ4v) is 2.07. The van der Waals surface area contributed by atoms with Gasteiger partial charge in [-0.25, -0.2) is 0 Å². The van der Waals surface area contributed by atoms with E-state index in [0.717, 1.165) is 23.5 Å². The molecule has 0 unspecified atom stereocenters. The lowest BCUT2D eigenvalue weighted by molar-refractivity contribution is 0.297. The third-order valence-electron chi connectivity index (χ3n) is 3.63. The lowest BCUT2D eigenvalue weighted by Gasteiger charge is -2.14. The molecule has 0 radical (unpaired) electrons. The van der Waals surface area contributed by atoms with Gasteiger partial charge in [-0.05, 0) is 49.8 Å². The average Bonchev–Trinajstić information content (AvgIpc) is 3.12. The number of hydrogen-bond acceptors (Lipinski definition) is 4. The minimum absolute atomic E-state index is 0.390. The normalized spacial score (nSPS) is 14.6. The molecule has 100 valence electrons. The quantitative estimate of drug-likeness (QED) is 0.913. The lowest BCUT2D eigenvalue weighted by Crippen LogP contribution is -2.03. The first-order valence-corrected chi connectivity index (χ1v) is 6.60. The summed E-state index contributed by atoms with van der Waals surface area (Å²) in [4.78, 5) is 0. The van der Waals surface area contributed by atoms with Crippen LogP contribution >= 0.6 is 0 Å². The molecular formula is C15H18N2O2. The first-order chi connectivity index (χ1) is 9.15. The number of aryl methyl sites for hydroxylation is 1. The molecule has 1 aliphatic carbocycles. The van der Waals surface area contributed by atoms with Crippen LogP contribution in [0.1, 0.15) is 24.0 Å². The summed E-state index contributed by atoms with van der Waals surface area (Å²) in [7, 11) is 0. The molecule has 1 aromatic carbocycles. The molecule has 4 heteroatoms. The molecule has 0 saturated heterocycles. The maximum absolute atomic E-state index is 6.01. The number of hydrogen-bond donors (Lipinski definition) is 1. The van der Waals surface area contributed by atoms with Crippen molar-refractivity contribution in [3.63, 3.8) is 0 Å². The van der Waals surface area contributed by atoms with Crippen LogP contribution in [-0.4, -0.2) is 11.8 Å². The monoisotopic (exact) mass is 258 g/mol. The summed E-state index contributed by atoms with van der Waals surface area (Å²) in [6.45, 7) is 4.93. The van der Waals surface area contributed by atoms with Gasteiger partial charge in [-0.3, -0.25) is 0 Å². The molecule has 3 rings (SSSR count). The van der Waals surface area contributed by atoms with Crippen LogP contribution in [0.2, 0.25) is 0 Å². The van der Waals surface area contributed by atoms with Gasteiger partial charge in [-0.15, -0.1) is 0 Å². The Kier molecular flexibility index (Phi) is 2.93. The van der Waals surface area contributed by atoms with Gasteiger partial charge in [0, 0.05) is 6.07 Å². The first-order valence-electron chi connectivity index (χ1n) is 6.60. The molecule has 2 N–H and O–H groups in total. The van der Waals surface area contributed by atoms with Crippen LogP contribution in [0.3, 0.4) is 0 Å². The largest absolute Gasteiger partial charge is 0.492 e. The van der Waals surface area contributed by atoms with E-state index in [0.29, 0.717) is 17.5 Å². The highest BCUT2D eigenvalue weighted by Crippen LogP contribution is 2.37. The number of aromatic nitrogens is 1. The minimum atomic E-state index is 0.390. The predicted octanol–water partition coefficient (Wildman–Crippen LogP) is 3.33. The maximum atomic E-state index is 6.01. The molecule has 1 aromatic heterocycles. The van der Waals surface area contributed by atoms with Crippen molar-refractivity contribution in [2.75, 3.05) is 12.3 Å². The van der Waals surface area contributed by atoms with Gasteiger partial charge in [0.2, 0.25) is 0 Å². The van der Waals surface area contributed by atoms with Crippen molar-refractivity contribution in [3.05, 3.63) is 29.3 Å². The number of nitrogens with zero attached hydrogens (tertiary/aromatic N) is 1. The van der Waals surface area contributed by atoms with Crippen LogP contribution in [0.5, 0.6) is 5.75 Å². The second kappa shape index (κ2) is 4.61. The molecule has 1 aliphatic rings. The molecule has 19 heavy (non-hydrogen) atoms. The molecule has 0 amide bonds. The van der Waals surface area contributed by atoms with E-state index in [2.05, 4.69) is 25.1 Å². The van der Waals surface area contributed by atoms with Crippen molar-refractivity contribution in [3.8, 4) is 17.1 Å². The summed E-state index contributed by atoms with van der Waals surface area (Å²) in [5, 5.41) is 3.74. The molecule has 0 aliphatic heterocycles. The van der Waals surface area contributed by atoms with Crippen LogP contribution in [0, 0.1) is 19.8 Å². The van der Waals surface area contributed by atoms with Crippen molar-refractivity contribution in [1.82, 2.24) is 5.16 Å². The summed E-state index contributed by atoms with van der Waals surface area (Å²) in [5.74, 6) is 2.66. The Hall–Kier alpha value is -1.97. The Morgan fingerprint density at radius 2 is 2.16 bits per heavy atom. The van der Waals surface area contributed by atoms with E-state index in [1.54, 1.807) is 6.07 Å². The Balaban J connectivity index is 1.99. The number of ether oxygens (including phenoxy) is 1. The Labute approximate surface area is 112 Å². The Morgan fingerprint density at radius 3 is 2.79 bits per heavy atom. The molecule has 1 saturated carbocycles. The smallest absolute Gasteiger partial charge is 0.172 e. The van der Waals surface area contributed by atoms with Crippen molar-refractivity contribution in [2.24, 2.45) is 5.92 Å². The topological polar surface area (TPSA) is 61.3 Å². The number of benzene rings is 1. The number of rotatable bonds is 4. The minimum Gasteiger partial charge on any atom is -0.492 e. The molecule has 1 heterocycles. The standard InChI is InChI=1S/C15H18N2O2/c1-9-3-6-12(13-7-14(16)17-19-13)15(10(9)2)18-8-11-4-5-11/h3,6-7,11H,4-5,8H2,1-2H3,(H2,16,17). The molecule has 4 nitrogen and oxygen atoms in total. The highest BCUT2D eigenvalue weighted by atomic mass is 16.5. The fraction of sp³-hybridized carbons (Fsp3) is 0.400. The molecular weight excluding hydrogens is 240 g/mol. The van der Waals surface area contributed by atoms with Gasteiger partial charge in [-0.2, -0.15) is 0 Å². The average molecular weight is 258 g/mol. The van der Waals surface area contributed by atoms with E-state index in [4.69, 9.17) is 15.0 Å². The van der Waals surface area contributed by atoms with E-state index >= 15 is 0 Å². The number of nitrogen functional groups attached to an aromatic ring is 1. The number of anilines is 1. The highest BCUT2D eigenvalue weighted by molar-refractivity contribution is 5.70. The van der Waals surface area contributed by atoms with E-state index in [-0.39, 0.29) is 0 Å². The fourth-order valence-electron chi connectivity index (χ4n) is 2.07. The van der Waals surface area contributed by atoms with E-state index in [9.17, 15) is 0 Å². The van der Waals surface area contributed by atoms with E-state index < -0.39 is 0 Å². The van der Waals surface area contributed by atoms with Gasteiger partial charge in [0.25, 0.3) is 0 Å². The van der Waals surface area contributed by atoms with Crippen molar-refractivity contribution < 1.29 is 9.26 Å². The van der Waals surface area contributed by atoms with Gasteiger partial charge in [0.15, 0.2) is 11.6 Å². The van der Waals surface area contributed by atoms with Gasteiger partial charge >= 0.3 is 0 Å². The van der Waals surface area contributed by atoms with E-state index in [1.807, 2.05) is 6.07 Å². The molecule has 0 atom stereocenters. The SMILES string of the molecule is Cc1ccc(-c2cc(N)no2)c(OCC2CC2)c1C. The zero-order valence-corrected chi connectivity index (χ0v) is 11.3. The predicted molar refractivity (Wildman–Crippen MR) is 74.0 cm³/mol. The zero-order chi connectivity index (χ0) is 13.4. The summed E-state index contributed by atoms with van der Waals surface area (Å²) in [5.41, 5.74) is 8.90. The summed E-state index contributed by atoms with van der Waals surface area (Å²) < 4.78 is 11.3. The van der Waals surface area contributed by atoms with Gasteiger partial charge < -0.3 is 15.0 Å². The first kappa shape index (κ1) is 12.1. The van der Waals surface area contributed by atoms with Gasteiger partial charge in [0.1, 0.15) is 5.75 Å². The van der Waals surface area contributed by atoms with Crippen LogP contribution in [0.15, 0.2) is 22.7 Å². The lowest BCUT2D eigenvalue weighted by atomic mass is 10.0. The Morgan fingerprint density at radius 1 is 1.37 bits per heavy atom. The second-order valence-corrected chi connectivity index (χ2v) is 5.25. The van der Waals surface area contributed by atoms with Crippen LogP contribution in [0.25, 0.3) is 11.3 Å². The molecule has 0 spiro atoms. The van der Waals surface area contributed by atoms with Gasteiger partial charge in [0.05, 0.1) is 12.2 Å². The van der Waals surface area contributed by atoms with Crippen LogP contribution < -0.4 is 10.5 Å². The molecule has 2 aromatic rings. The van der Waals surface area contributed by atoms with Crippen molar-refractivity contribution in [1.29, 1.82) is 0 Å². The molecule has 1 fully saturated rings. The number of nitrogens with two attached hydrogens (primary N) is 1.